The minimum atomic E-state index is -0.338. The molecule has 0 bridgehead atoms. The van der Waals surface area contributed by atoms with Gasteiger partial charge in [-0.1, -0.05) is 19.9 Å². The van der Waals surface area contributed by atoms with Gasteiger partial charge in [-0.15, -0.1) is 0 Å². The molecule has 1 saturated carbocycles. The summed E-state index contributed by atoms with van der Waals surface area (Å²) in [6.07, 6.45) is 0. The minimum Gasteiger partial charge on any atom is -1.00 e. The number of Topliss-reactive ketones (excluding diaryl/α,β-unsaturated/α-hetero) is 1. The molecule has 90 valence electrons. The highest BCUT2D eigenvalue weighted by atomic mass is 35.5. The number of ketones is 1. The van der Waals surface area contributed by atoms with Crippen molar-refractivity contribution in [1.82, 2.24) is 0 Å². The molecule has 2 unspecified atom stereocenters. The molecule has 2 N–H and O–H groups in total. The fourth-order valence-corrected chi connectivity index (χ4v) is 1.16. The van der Waals surface area contributed by atoms with Crippen LogP contribution in [0.15, 0.2) is 18.2 Å². The number of hydrogen-bond donors (Lipinski definition) is 1. The van der Waals surface area contributed by atoms with E-state index in [1.54, 1.807) is 12.1 Å². The Morgan fingerprint density at radius 2 is 1.69 bits per heavy atom. The molecule has 4 heteroatoms. The molecule has 1 aromatic carbocycles. The number of carbonyl (C=O) groups excluding carboxylic acids is 1. The molecule has 2 atom stereocenters. The summed E-state index contributed by atoms with van der Waals surface area (Å²) in [7, 11) is 0. The van der Waals surface area contributed by atoms with Crippen molar-refractivity contribution in [3.05, 3.63) is 29.6 Å². The first kappa shape index (κ1) is 14.9. The number of halogens is 2. The lowest BCUT2D eigenvalue weighted by Gasteiger charge is -1.94. The summed E-state index contributed by atoms with van der Waals surface area (Å²) in [5, 5.41) is 0. The van der Waals surface area contributed by atoms with E-state index in [-0.39, 0.29) is 23.9 Å². The van der Waals surface area contributed by atoms with E-state index < -0.39 is 0 Å². The van der Waals surface area contributed by atoms with Crippen molar-refractivity contribution in [2.75, 3.05) is 5.73 Å². The van der Waals surface area contributed by atoms with Gasteiger partial charge in [0.1, 0.15) is 11.6 Å². The van der Waals surface area contributed by atoms with Gasteiger partial charge in [-0.25, -0.2) is 4.39 Å². The summed E-state index contributed by atoms with van der Waals surface area (Å²) in [6, 6.07) is 4.75. The van der Waals surface area contributed by atoms with Crippen molar-refractivity contribution in [3.63, 3.8) is 0 Å². The van der Waals surface area contributed by atoms with Crippen LogP contribution in [0.5, 0.6) is 0 Å². The summed E-state index contributed by atoms with van der Waals surface area (Å²) in [5.41, 5.74) is 6.31. The lowest BCUT2D eigenvalue weighted by molar-refractivity contribution is -0.111. The van der Waals surface area contributed by atoms with Crippen LogP contribution in [0.25, 0.3) is 0 Å². The second-order valence-corrected chi connectivity index (χ2v) is 4.00. The molecule has 0 amide bonds. The highest BCUT2D eigenvalue weighted by molar-refractivity contribution is 5.98. The largest absolute Gasteiger partial charge is 1.00 e. The summed E-state index contributed by atoms with van der Waals surface area (Å²) in [5.74, 6) is 0.847. The molecule has 0 aromatic heterocycles. The molecule has 0 saturated heterocycles. The molecule has 2 rings (SSSR count). The molecule has 2 nitrogen and oxygen atoms in total. The van der Waals surface area contributed by atoms with Crippen LogP contribution >= 0.6 is 0 Å². The predicted octanol–water partition coefficient (Wildman–Crippen LogP) is -0.438. The third kappa shape index (κ3) is 3.81. The lowest BCUT2D eigenvalue weighted by atomic mass is 10.2. The molecule has 0 aliphatic heterocycles. The van der Waals surface area contributed by atoms with Gasteiger partial charge in [0.25, 0.3) is 0 Å². The maximum absolute atomic E-state index is 12.5. The van der Waals surface area contributed by atoms with E-state index in [9.17, 15) is 9.18 Å². The fourth-order valence-electron chi connectivity index (χ4n) is 1.16. The monoisotopic (exact) mass is 244 g/mol. The fraction of sp³-hybridized carbons (Fsp3) is 0.417. The SMILES string of the molecule is CC1C(=O)C1C.Cc1ccc(N)c(F)c1.[Cl-]. The number of nitrogen functional groups attached to an aromatic ring is 1. The van der Waals surface area contributed by atoms with Gasteiger partial charge in [-0.3, -0.25) is 4.79 Å². The lowest BCUT2D eigenvalue weighted by Crippen LogP contribution is -3.00. The Balaban J connectivity index is 0.000000283. The molecular weight excluding hydrogens is 229 g/mol. The van der Waals surface area contributed by atoms with Crippen LogP contribution in [-0.4, -0.2) is 5.78 Å². The van der Waals surface area contributed by atoms with Gasteiger partial charge in [-0.05, 0) is 24.6 Å². The molecule has 1 aromatic rings. The Kier molecular flexibility index (Phi) is 5.45. The molecule has 1 aliphatic rings. The average molecular weight is 245 g/mol. The molecule has 1 aliphatic carbocycles. The van der Waals surface area contributed by atoms with E-state index in [2.05, 4.69) is 0 Å². The number of rotatable bonds is 0. The summed E-state index contributed by atoms with van der Waals surface area (Å²) < 4.78 is 12.5. The zero-order valence-corrected chi connectivity index (χ0v) is 10.4. The number of benzene rings is 1. The van der Waals surface area contributed by atoms with Gasteiger partial charge in [0.2, 0.25) is 0 Å². The number of hydrogen-bond acceptors (Lipinski definition) is 2. The molecule has 1 fully saturated rings. The normalized spacial score (nSPS) is 21.6. The summed E-state index contributed by atoms with van der Waals surface area (Å²) in [6.45, 7) is 5.75. The second kappa shape index (κ2) is 5.85. The zero-order chi connectivity index (χ0) is 11.6. The van der Waals surface area contributed by atoms with Gasteiger partial charge < -0.3 is 18.1 Å². The van der Waals surface area contributed by atoms with Crippen LogP contribution in [0.3, 0.4) is 0 Å². The van der Waals surface area contributed by atoms with Crippen LogP contribution < -0.4 is 18.1 Å². The predicted molar refractivity (Wildman–Crippen MR) is 58.9 cm³/mol. The van der Waals surface area contributed by atoms with E-state index >= 15 is 0 Å². The topological polar surface area (TPSA) is 43.1 Å². The van der Waals surface area contributed by atoms with Gasteiger partial charge in [-0.2, -0.15) is 0 Å². The zero-order valence-electron chi connectivity index (χ0n) is 9.63. The Morgan fingerprint density at radius 1 is 1.25 bits per heavy atom. The minimum absolute atomic E-state index is 0. The standard InChI is InChI=1S/C7H8FN.C5H8O.ClH/c1-5-2-3-7(9)6(8)4-5;1-3-4(2)5(3)6;/h2-4H,9H2,1H3;3-4H,1-2H3;1H/p-1. The van der Waals surface area contributed by atoms with Gasteiger partial charge in [0, 0.05) is 11.8 Å². The van der Waals surface area contributed by atoms with Crippen molar-refractivity contribution < 1.29 is 21.6 Å². The van der Waals surface area contributed by atoms with Gasteiger partial charge in [0.05, 0.1) is 5.69 Å². The van der Waals surface area contributed by atoms with Crippen LogP contribution in [0.4, 0.5) is 10.1 Å². The van der Waals surface area contributed by atoms with Gasteiger partial charge >= 0.3 is 0 Å². The van der Waals surface area contributed by atoms with Crippen molar-refractivity contribution in [1.29, 1.82) is 0 Å². The van der Waals surface area contributed by atoms with E-state index in [1.807, 2.05) is 20.8 Å². The smallest absolute Gasteiger partial charge is 0.146 e. The van der Waals surface area contributed by atoms with E-state index in [1.165, 1.54) is 6.07 Å². The molecule has 0 heterocycles. The quantitative estimate of drug-likeness (QED) is 0.629. The molecule has 0 spiro atoms. The molecule has 0 radical (unpaired) electrons. The third-order valence-electron chi connectivity index (χ3n) is 2.69. The van der Waals surface area contributed by atoms with E-state index in [0.717, 1.165) is 5.56 Å². The number of aryl methyl sites for hydroxylation is 1. The van der Waals surface area contributed by atoms with Crippen molar-refractivity contribution in [2.45, 2.75) is 20.8 Å². The number of anilines is 1. The summed E-state index contributed by atoms with van der Waals surface area (Å²) >= 11 is 0. The first-order valence-corrected chi connectivity index (χ1v) is 4.99. The Hall–Kier alpha value is -1.09. The number of carbonyl (C=O) groups is 1. The highest BCUT2D eigenvalue weighted by Gasteiger charge is 2.40. The number of nitrogens with two attached hydrogens (primary N) is 1. The summed E-state index contributed by atoms with van der Waals surface area (Å²) in [4.78, 5) is 10.2. The van der Waals surface area contributed by atoms with E-state index in [4.69, 9.17) is 5.73 Å². The third-order valence-corrected chi connectivity index (χ3v) is 2.69. The van der Waals surface area contributed by atoms with Crippen LogP contribution in [0, 0.1) is 24.6 Å². The maximum atomic E-state index is 12.5. The van der Waals surface area contributed by atoms with Crippen molar-refractivity contribution in [2.24, 2.45) is 11.8 Å². The Morgan fingerprint density at radius 3 is 1.94 bits per heavy atom. The van der Waals surface area contributed by atoms with Crippen LogP contribution in [-0.2, 0) is 4.79 Å². The molecular formula is C12H16ClFNO-. The van der Waals surface area contributed by atoms with Crippen LogP contribution in [0.2, 0.25) is 0 Å². The Labute approximate surface area is 101 Å². The second-order valence-electron chi connectivity index (χ2n) is 4.00. The first-order valence-electron chi connectivity index (χ1n) is 4.99. The van der Waals surface area contributed by atoms with Crippen LogP contribution in [0.1, 0.15) is 19.4 Å². The maximum Gasteiger partial charge on any atom is 0.146 e. The first-order chi connectivity index (χ1) is 6.93. The van der Waals surface area contributed by atoms with Crippen molar-refractivity contribution in [3.8, 4) is 0 Å². The van der Waals surface area contributed by atoms with E-state index in [0.29, 0.717) is 17.6 Å². The molecule has 16 heavy (non-hydrogen) atoms. The average Bonchev–Trinajstić information content (AvgIpc) is 2.70. The Bertz CT molecular complexity index is 371. The van der Waals surface area contributed by atoms with Crippen molar-refractivity contribution >= 4 is 11.5 Å². The van der Waals surface area contributed by atoms with Gasteiger partial charge in [0.15, 0.2) is 0 Å². The highest BCUT2D eigenvalue weighted by Crippen LogP contribution is 2.31.